The lowest BCUT2D eigenvalue weighted by molar-refractivity contribution is -0.120. The molecule has 2 heterocycles. The second-order valence-electron chi connectivity index (χ2n) is 6.72. The maximum atomic E-state index is 12.7. The smallest absolute Gasteiger partial charge is 0.246 e. The third-order valence-electron chi connectivity index (χ3n) is 4.59. The van der Waals surface area contributed by atoms with Gasteiger partial charge in [0.25, 0.3) is 0 Å². The highest BCUT2D eigenvalue weighted by molar-refractivity contribution is 14.0. The molecule has 1 aliphatic heterocycles. The Balaban J connectivity index is 0.00000320. The third-order valence-corrected chi connectivity index (χ3v) is 4.59. The largest absolute Gasteiger partial charge is 0.489 e. The van der Waals surface area contributed by atoms with Crippen LogP contribution in [-0.2, 0) is 18.4 Å². The number of hydrogen-bond donors (Lipinski definition) is 1. The first-order valence-corrected chi connectivity index (χ1v) is 9.76. The Kier molecular flexibility index (Phi) is 9.15. The first-order chi connectivity index (χ1) is 14.1. The van der Waals surface area contributed by atoms with E-state index in [1.807, 2.05) is 49.3 Å². The highest BCUT2D eigenvalue weighted by Crippen LogP contribution is 2.20. The molecular formula is C21H29IN6O2. The minimum Gasteiger partial charge on any atom is -0.489 e. The van der Waals surface area contributed by atoms with E-state index in [0.29, 0.717) is 26.2 Å². The summed E-state index contributed by atoms with van der Waals surface area (Å²) < 4.78 is 7.42. The highest BCUT2D eigenvalue weighted by atomic mass is 127. The Morgan fingerprint density at radius 2 is 2.17 bits per heavy atom. The van der Waals surface area contributed by atoms with E-state index >= 15 is 0 Å². The Labute approximate surface area is 194 Å². The van der Waals surface area contributed by atoms with Crippen molar-refractivity contribution >= 4 is 41.5 Å². The average Bonchev–Trinajstić information content (AvgIpc) is 3.16. The maximum absolute atomic E-state index is 12.7. The lowest BCUT2D eigenvalue weighted by atomic mass is 10.2. The zero-order valence-corrected chi connectivity index (χ0v) is 19.8. The molecule has 30 heavy (non-hydrogen) atoms. The zero-order chi connectivity index (χ0) is 20.6. The van der Waals surface area contributed by atoms with Gasteiger partial charge in [-0.1, -0.05) is 30.9 Å². The number of hydrogen-bond acceptors (Lipinski definition) is 4. The van der Waals surface area contributed by atoms with Crippen molar-refractivity contribution in [2.45, 2.75) is 13.5 Å². The quantitative estimate of drug-likeness (QED) is 0.261. The molecule has 0 atom stereocenters. The summed E-state index contributed by atoms with van der Waals surface area (Å²) in [5.74, 6) is 1.55. The Bertz CT molecular complexity index is 882. The van der Waals surface area contributed by atoms with Crippen LogP contribution in [0.4, 0.5) is 5.69 Å². The van der Waals surface area contributed by atoms with Crippen LogP contribution in [0.15, 0.2) is 54.3 Å². The summed E-state index contributed by atoms with van der Waals surface area (Å²) in [4.78, 5) is 21.2. The second-order valence-corrected chi connectivity index (χ2v) is 6.72. The highest BCUT2D eigenvalue weighted by Gasteiger charge is 2.27. The molecule has 1 N–H and O–H groups in total. The van der Waals surface area contributed by atoms with Crippen molar-refractivity contribution in [2.24, 2.45) is 12.0 Å². The molecular weight excluding hydrogens is 495 g/mol. The van der Waals surface area contributed by atoms with Crippen molar-refractivity contribution in [2.75, 3.05) is 37.7 Å². The summed E-state index contributed by atoms with van der Waals surface area (Å²) in [6, 6.07) is 7.83. The molecule has 1 amide bonds. The van der Waals surface area contributed by atoms with Crippen LogP contribution in [0.3, 0.4) is 0 Å². The fraction of sp³-hybridized carbons (Fsp3) is 0.381. The number of para-hydroxylation sites is 1. The predicted octanol–water partition coefficient (Wildman–Crippen LogP) is 2.42. The number of benzene rings is 1. The summed E-state index contributed by atoms with van der Waals surface area (Å²) >= 11 is 0. The number of carbonyl (C=O) groups excluding carboxylic acids is 1. The number of aryl methyl sites for hydroxylation is 1. The summed E-state index contributed by atoms with van der Waals surface area (Å²) in [6.45, 7) is 8.91. The molecule has 2 aromatic rings. The first kappa shape index (κ1) is 23.7. The number of nitrogens with one attached hydrogen (secondary N) is 1. The number of piperazine rings is 1. The molecule has 0 aliphatic carbocycles. The normalized spacial score (nSPS) is 14.3. The van der Waals surface area contributed by atoms with Gasteiger partial charge >= 0.3 is 0 Å². The number of guanidine groups is 1. The summed E-state index contributed by atoms with van der Waals surface area (Å²) in [7, 11) is 1.84. The molecule has 0 saturated carbocycles. The van der Waals surface area contributed by atoms with Crippen LogP contribution in [0, 0.1) is 0 Å². The lowest BCUT2D eigenvalue weighted by Gasteiger charge is -2.35. The van der Waals surface area contributed by atoms with Crippen molar-refractivity contribution in [3.8, 4) is 5.75 Å². The van der Waals surface area contributed by atoms with Crippen LogP contribution in [0.5, 0.6) is 5.75 Å². The second kappa shape index (κ2) is 11.6. The van der Waals surface area contributed by atoms with E-state index in [1.165, 1.54) is 0 Å². The van der Waals surface area contributed by atoms with Gasteiger partial charge in [-0.05, 0) is 13.0 Å². The van der Waals surface area contributed by atoms with Gasteiger partial charge in [-0.15, -0.1) is 24.0 Å². The number of halogens is 1. The molecule has 3 rings (SSSR count). The minimum atomic E-state index is 0. The molecule has 1 aromatic heterocycles. The topological polar surface area (TPSA) is 75.0 Å². The number of amides is 1. The molecule has 162 valence electrons. The monoisotopic (exact) mass is 524 g/mol. The molecule has 0 unspecified atom stereocenters. The number of ether oxygens (including phenoxy) is 1. The van der Waals surface area contributed by atoms with Gasteiger partial charge in [0.2, 0.25) is 5.91 Å². The van der Waals surface area contributed by atoms with E-state index in [2.05, 4.69) is 17.0 Å². The zero-order valence-electron chi connectivity index (χ0n) is 17.5. The Morgan fingerprint density at radius 1 is 1.37 bits per heavy atom. The number of aliphatic imine (C=N–C) groups is 1. The van der Waals surface area contributed by atoms with E-state index in [4.69, 9.17) is 9.73 Å². The fourth-order valence-electron chi connectivity index (χ4n) is 3.18. The van der Waals surface area contributed by atoms with Crippen LogP contribution >= 0.6 is 24.0 Å². The Morgan fingerprint density at radius 3 is 2.83 bits per heavy atom. The number of rotatable bonds is 7. The molecule has 1 aromatic carbocycles. The number of aromatic nitrogens is 2. The van der Waals surface area contributed by atoms with Crippen molar-refractivity contribution < 1.29 is 9.53 Å². The third kappa shape index (κ3) is 5.97. The van der Waals surface area contributed by atoms with Crippen LogP contribution < -0.4 is 15.0 Å². The van der Waals surface area contributed by atoms with Gasteiger partial charge in [0.15, 0.2) is 5.96 Å². The van der Waals surface area contributed by atoms with E-state index in [-0.39, 0.29) is 36.4 Å². The number of nitrogens with zero attached hydrogens (tertiary/aromatic N) is 5. The van der Waals surface area contributed by atoms with Crippen LogP contribution in [0.25, 0.3) is 0 Å². The van der Waals surface area contributed by atoms with E-state index in [0.717, 1.165) is 29.5 Å². The molecule has 1 saturated heterocycles. The van der Waals surface area contributed by atoms with Crippen molar-refractivity contribution in [3.63, 3.8) is 0 Å². The number of carbonyl (C=O) groups is 1. The van der Waals surface area contributed by atoms with Gasteiger partial charge < -0.3 is 19.9 Å². The molecule has 0 radical (unpaired) electrons. The first-order valence-electron chi connectivity index (χ1n) is 9.76. The summed E-state index contributed by atoms with van der Waals surface area (Å²) in [5.41, 5.74) is 1.82. The van der Waals surface area contributed by atoms with Crippen LogP contribution in [-0.4, -0.2) is 59.3 Å². The molecule has 8 nitrogen and oxygen atoms in total. The average molecular weight is 524 g/mol. The Hall–Kier alpha value is -2.56. The minimum absolute atomic E-state index is 0. The standard InChI is InChI=1S/C21H28N6O2.HI/c1-4-12-29-19-9-7-6-8-17(19)13-23-21(22-5-2)26-10-11-27(20(28)16-26)18-14-24-25(3)15-18;/h4,6-9,14-15H,1,5,10-13,16H2,2-3H3,(H,22,23);1H. The van der Waals surface area contributed by atoms with Gasteiger partial charge in [-0.2, -0.15) is 5.10 Å². The van der Waals surface area contributed by atoms with Crippen LogP contribution in [0.2, 0.25) is 0 Å². The van der Waals surface area contributed by atoms with Gasteiger partial charge in [0, 0.05) is 38.4 Å². The van der Waals surface area contributed by atoms with Crippen molar-refractivity contribution in [1.82, 2.24) is 20.0 Å². The van der Waals surface area contributed by atoms with E-state index < -0.39 is 0 Å². The van der Waals surface area contributed by atoms with Gasteiger partial charge in [-0.3, -0.25) is 9.48 Å². The van der Waals surface area contributed by atoms with Crippen molar-refractivity contribution in [3.05, 3.63) is 54.9 Å². The molecule has 1 aliphatic rings. The molecule has 9 heteroatoms. The molecule has 0 bridgehead atoms. The maximum Gasteiger partial charge on any atom is 0.246 e. The van der Waals surface area contributed by atoms with Crippen LogP contribution in [0.1, 0.15) is 12.5 Å². The fourth-order valence-corrected chi connectivity index (χ4v) is 3.18. The van der Waals surface area contributed by atoms with E-state index in [1.54, 1.807) is 21.9 Å². The van der Waals surface area contributed by atoms with Crippen molar-refractivity contribution in [1.29, 1.82) is 0 Å². The van der Waals surface area contributed by atoms with Gasteiger partial charge in [0.05, 0.1) is 18.4 Å². The number of anilines is 1. The van der Waals surface area contributed by atoms with Gasteiger partial charge in [-0.25, -0.2) is 4.99 Å². The summed E-state index contributed by atoms with van der Waals surface area (Å²) in [6.07, 6.45) is 5.29. The lowest BCUT2D eigenvalue weighted by Crippen LogP contribution is -2.55. The molecule has 1 fully saturated rings. The summed E-state index contributed by atoms with van der Waals surface area (Å²) in [5, 5.41) is 7.45. The predicted molar refractivity (Wildman–Crippen MR) is 129 cm³/mol. The van der Waals surface area contributed by atoms with E-state index in [9.17, 15) is 4.79 Å². The molecule has 0 spiro atoms. The van der Waals surface area contributed by atoms with Gasteiger partial charge in [0.1, 0.15) is 18.9 Å². The SMILES string of the molecule is C=CCOc1ccccc1CN=C(NCC)N1CCN(c2cnn(C)c2)C(=O)C1.I.